The summed E-state index contributed by atoms with van der Waals surface area (Å²) in [5.74, 6) is -0.795. The number of hydrogen-bond acceptors (Lipinski definition) is 4. The molecule has 28 heavy (non-hydrogen) atoms. The van der Waals surface area contributed by atoms with Crippen molar-refractivity contribution in [2.45, 2.75) is 32.6 Å². The molecule has 7 heteroatoms. The Bertz CT molecular complexity index is 1060. The lowest BCUT2D eigenvalue weighted by molar-refractivity contribution is 0.0694. The number of aromatic nitrogens is 3. The summed E-state index contributed by atoms with van der Waals surface area (Å²) >= 11 is 0. The van der Waals surface area contributed by atoms with Crippen LogP contribution in [0.2, 0.25) is 0 Å². The number of benzene rings is 1. The second kappa shape index (κ2) is 7.07. The zero-order chi connectivity index (χ0) is 19.8. The van der Waals surface area contributed by atoms with Crippen LogP contribution in [-0.2, 0) is 0 Å². The summed E-state index contributed by atoms with van der Waals surface area (Å²) < 4.78 is 1.70. The van der Waals surface area contributed by atoms with E-state index in [-0.39, 0.29) is 17.4 Å². The van der Waals surface area contributed by atoms with E-state index in [2.05, 4.69) is 10.1 Å². The molecule has 3 heterocycles. The van der Waals surface area contributed by atoms with E-state index in [4.69, 9.17) is 5.11 Å². The van der Waals surface area contributed by atoms with Gasteiger partial charge in [0.1, 0.15) is 5.56 Å². The van der Waals surface area contributed by atoms with E-state index < -0.39 is 5.97 Å². The smallest absolute Gasteiger partial charge is 0.335 e. The lowest BCUT2D eigenvalue weighted by Gasteiger charge is -2.33. The second-order valence-electron chi connectivity index (χ2n) is 7.35. The molecule has 144 valence electrons. The molecule has 1 aliphatic rings. The van der Waals surface area contributed by atoms with Crippen molar-refractivity contribution in [2.24, 2.45) is 0 Å². The number of aryl methyl sites for hydroxylation is 2. The van der Waals surface area contributed by atoms with Crippen LogP contribution < -0.4 is 0 Å². The van der Waals surface area contributed by atoms with Crippen LogP contribution >= 0.6 is 0 Å². The molecule has 0 aliphatic carbocycles. The maximum atomic E-state index is 13.2. The van der Waals surface area contributed by atoms with Crippen LogP contribution in [0.3, 0.4) is 0 Å². The number of likely N-dealkylation sites (tertiary alicyclic amines) is 1. The average molecular weight is 378 g/mol. The number of amides is 1. The molecule has 0 spiro atoms. The zero-order valence-corrected chi connectivity index (χ0v) is 15.9. The van der Waals surface area contributed by atoms with Gasteiger partial charge >= 0.3 is 5.97 Å². The number of aromatic carboxylic acids is 1. The number of fused-ring (bicyclic) bond motifs is 1. The van der Waals surface area contributed by atoms with Gasteiger partial charge in [0.2, 0.25) is 0 Å². The fourth-order valence-corrected chi connectivity index (χ4v) is 3.92. The molecule has 1 aromatic carbocycles. The fourth-order valence-electron chi connectivity index (χ4n) is 3.92. The largest absolute Gasteiger partial charge is 0.478 e. The Morgan fingerprint density at radius 3 is 2.64 bits per heavy atom. The average Bonchev–Trinajstić information content (AvgIpc) is 3.11. The van der Waals surface area contributed by atoms with E-state index >= 15 is 0 Å². The predicted octanol–water partition coefficient (Wildman–Crippen LogP) is 3.06. The van der Waals surface area contributed by atoms with E-state index in [1.807, 2.05) is 36.9 Å². The minimum absolute atomic E-state index is 0.0562. The molecule has 2 aromatic heterocycles. The summed E-state index contributed by atoms with van der Waals surface area (Å²) in [5.41, 5.74) is 4.25. The molecule has 0 unspecified atom stereocenters. The summed E-state index contributed by atoms with van der Waals surface area (Å²) in [5, 5.41) is 13.4. The summed E-state index contributed by atoms with van der Waals surface area (Å²) in [6.45, 7) is 5.16. The highest BCUT2D eigenvalue weighted by molar-refractivity contribution is 5.99. The Hall–Kier alpha value is -3.22. The van der Waals surface area contributed by atoms with Gasteiger partial charge in [-0.3, -0.25) is 4.79 Å². The molecule has 1 aliphatic heterocycles. The summed E-state index contributed by atoms with van der Waals surface area (Å²) in [6.07, 6.45) is 3.48. The van der Waals surface area contributed by atoms with E-state index in [9.17, 15) is 9.59 Å². The van der Waals surface area contributed by atoms with Gasteiger partial charge in [-0.15, -0.1) is 0 Å². The number of hydrogen-bond donors (Lipinski definition) is 1. The second-order valence-corrected chi connectivity index (χ2v) is 7.35. The number of carboxylic acids is 1. The minimum Gasteiger partial charge on any atom is -0.478 e. The number of carbonyl (C=O) groups excluding carboxylic acids is 1. The molecule has 1 saturated heterocycles. The standard InChI is InChI=1S/C21H22N4O3/c1-13-10-14(2)25-19(23-13)18(11-22-25)20(26)24-9-3-4-17(12-24)15-5-7-16(8-6-15)21(27)28/h5-8,10-11,17H,3-4,9,12H2,1-2H3,(H,27,28)/t17-/m1/s1. The van der Waals surface area contributed by atoms with Crippen LogP contribution in [0.4, 0.5) is 0 Å². The van der Waals surface area contributed by atoms with Gasteiger partial charge in [-0.25, -0.2) is 14.3 Å². The number of rotatable bonds is 3. The van der Waals surface area contributed by atoms with Crippen LogP contribution in [0.25, 0.3) is 5.65 Å². The SMILES string of the molecule is Cc1cc(C)n2ncc(C(=O)N3CCC[C@@H](c4ccc(C(=O)O)cc4)C3)c2n1. The van der Waals surface area contributed by atoms with E-state index in [1.165, 1.54) is 0 Å². The van der Waals surface area contributed by atoms with E-state index in [0.717, 1.165) is 29.8 Å². The van der Waals surface area contributed by atoms with Gasteiger partial charge in [-0.1, -0.05) is 12.1 Å². The van der Waals surface area contributed by atoms with Gasteiger partial charge in [0.05, 0.1) is 11.8 Å². The first-order valence-electron chi connectivity index (χ1n) is 9.38. The number of piperidine rings is 1. The molecule has 1 N–H and O–H groups in total. The van der Waals surface area contributed by atoms with Gasteiger partial charge in [0.25, 0.3) is 5.91 Å². The van der Waals surface area contributed by atoms with Crippen molar-refractivity contribution >= 4 is 17.5 Å². The van der Waals surface area contributed by atoms with Gasteiger partial charge < -0.3 is 10.0 Å². The van der Waals surface area contributed by atoms with Crippen LogP contribution in [0.15, 0.2) is 36.5 Å². The highest BCUT2D eigenvalue weighted by atomic mass is 16.4. The molecule has 3 aromatic rings. The van der Waals surface area contributed by atoms with E-state index in [1.54, 1.807) is 22.8 Å². The van der Waals surface area contributed by atoms with Crippen molar-refractivity contribution in [3.8, 4) is 0 Å². The molecule has 0 bridgehead atoms. The number of carboxylic acid groups (broad SMARTS) is 1. The highest BCUT2D eigenvalue weighted by Gasteiger charge is 2.28. The van der Waals surface area contributed by atoms with Gasteiger partial charge in [0, 0.05) is 30.4 Å². The first-order chi connectivity index (χ1) is 13.4. The molecule has 1 atom stereocenters. The van der Waals surface area contributed by atoms with Crippen LogP contribution in [0, 0.1) is 13.8 Å². The number of carbonyl (C=O) groups is 2. The summed E-state index contributed by atoms with van der Waals surface area (Å²) in [7, 11) is 0. The molecule has 7 nitrogen and oxygen atoms in total. The molecule has 1 fully saturated rings. The van der Waals surface area contributed by atoms with Gasteiger partial charge in [0.15, 0.2) is 5.65 Å². The Kier molecular flexibility index (Phi) is 4.58. The zero-order valence-electron chi connectivity index (χ0n) is 15.9. The third-order valence-corrected chi connectivity index (χ3v) is 5.35. The molecule has 1 amide bonds. The van der Waals surface area contributed by atoms with Crippen molar-refractivity contribution in [3.63, 3.8) is 0 Å². The van der Waals surface area contributed by atoms with Crippen molar-refractivity contribution in [3.05, 3.63) is 64.6 Å². The summed E-state index contributed by atoms with van der Waals surface area (Å²) in [4.78, 5) is 30.6. The molecular formula is C21H22N4O3. The summed E-state index contributed by atoms with van der Waals surface area (Å²) in [6, 6.07) is 8.89. The Balaban J connectivity index is 1.58. The Morgan fingerprint density at radius 2 is 1.93 bits per heavy atom. The Labute approximate surface area is 162 Å². The third kappa shape index (κ3) is 3.24. The first-order valence-corrected chi connectivity index (χ1v) is 9.38. The lowest BCUT2D eigenvalue weighted by Crippen LogP contribution is -2.39. The lowest BCUT2D eigenvalue weighted by atomic mass is 9.90. The van der Waals surface area contributed by atoms with Crippen LogP contribution in [-0.4, -0.2) is 49.6 Å². The van der Waals surface area contributed by atoms with Gasteiger partial charge in [-0.2, -0.15) is 5.10 Å². The quantitative estimate of drug-likeness (QED) is 0.757. The maximum Gasteiger partial charge on any atom is 0.335 e. The van der Waals surface area contributed by atoms with Crippen molar-refractivity contribution < 1.29 is 14.7 Å². The fraction of sp³-hybridized carbons (Fsp3) is 0.333. The van der Waals surface area contributed by atoms with Crippen LogP contribution in [0.5, 0.6) is 0 Å². The maximum absolute atomic E-state index is 13.2. The molecular weight excluding hydrogens is 356 g/mol. The molecule has 4 rings (SSSR count). The van der Waals surface area contributed by atoms with E-state index in [0.29, 0.717) is 24.3 Å². The monoisotopic (exact) mass is 378 g/mol. The first kappa shape index (κ1) is 18.2. The van der Waals surface area contributed by atoms with Gasteiger partial charge in [-0.05, 0) is 50.5 Å². The number of nitrogens with zero attached hydrogens (tertiary/aromatic N) is 4. The van der Waals surface area contributed by atoms with Crippen LogP contribution in [0.1, 0.15) is 56.4 Å². The normalized spacial score (nSPS) is 17.1. The molecule has 0 saturated carbocycles. The topological polar surface area (TPSA) is 87.8 Å². The molecule has 0 radical (unpaired) electrons. The van der Waals surface area contributed by atoms with Crippen molar-refractivity contribution in [2.75, 3.05) is 13.1 Å². The van der Waals surface area contributed by atoms with Crippen molar-refractivity contribution in [1.29, 1.82) is 0 Å². The van der Waals surface area contributed by atoms with Crippen molar-refractivity contribution in [1.82, 2.24) is 19.5 Å². The minimum atomic E-state index is -0.932. The Morgan fingerprint density at radius 1 is 1.18 bits per heavy atom. The predicted molar refractivity (Wildman–Crippen MR) is 104 cm³/mol. The third-order valence-electron chi connectivity index (χ3n) is 5.35. The highest BCUT2D eigenvalue weighted by Crippen LogP contribution is 2.28.